The van der Waals surface area contributed by atoms with Crippen LogP contribution in [0.3, 0.4) is 0 Å². The summed E-state index contributed by atoms with van der Waals surface area (Å²) in [5.74, 6) is 4.94. The van der Waals surface area contributed by atoms with Crippen LogP contribution >= 0.6 is 0 Å². The van der Waals surface area contributed by atoms with Gasteiger partial charge in [-0.1, -0.05) is 49.5 Å². The molecule has 0 saturated heterocycles. The molecule has 0 unspecified atom stereocenters. The van der Waals surface area contributed by atoms with Gasteiger partial charge in [-0.25, -0.2) is 12.8 Å². The maximum Gasteiger partial charge on any atom is 0.241 e. The fourth-order valence-electron chi connectivity index (χ4n) is 2.13. The first kappa shape index (κ1) is 19.0. The van der Waals surface area contributed by atoms with Gasteiger partial charge >= 0.3 is 0 Å². The number of aryl methyl sites for hydroxylation is 1. The molecule has 0 bridgehead atoms. The lowest BCUT2D eigenvalue weighted by atomic mass is 10.1. The molecular formula is C19H20FNO3S. The van der Waals surface area contributed by atoms with E-state index in [-0.39, 0.29) is 23.8 Å². The SMILES string of the molecule is CCCc1ccc(S(=O)(=O)NCC#CCOc2ccccc2F)cc1. The van der Waals surface area contributed by atoms with Gasteiger partial charge in [0.05, 0.1) is 11.4 Å². The van der Waals surface area contributed by atoms with Crippen LogP contribution in [0.4, 0.5) is 4.39 Å². The highest BCUT2D eigenvalue weighted by atomic mass is 32.2. The Labute approximate surface area is 148 Å². The standard InChI is InChI=1S/C19H20FNO3S/c1-2-7-16-10-12-17(13-11-16)25(22,23)21-14-5-6-15-24-19-9-4-3-8-18(19)20/h3-4,8-13,21H,2,7,14-15H2,1H3. The normalized spacial score (nSPS) is 10.8. The van der Waals surface area contributed by atoms with Gasteiger partial charge < -0.3 is 4.74 Å². The Bertz CT molecular complexity index is 852. The molecule has 2 rings (SSSR count). The molecule has 0 fully saturated rings. The maximum atomic E-state index is 13.3. The third-order valence-electron chi connectivity index (χ3n) is 3.38. The second-order valence-electron chi connectivity index (χ2n) is 5.29. The predicted octanol–water partition coefficient (Wildman–Crippen LogP) is 3.14. The van der Waals surface area contributed by atoms with E-state index in [1.54, 1.807) is 24.3 Å². The summed E-state index contributed by atoms with van der Waals surface area (Å²) in [6.07, 6.45) is 1.93. The summed E-state index contributed by atoms with van der Waals surface area (Å²) < 4.78 is 45.2. The minimum absolute atomic E-state index is 0.0195. The Morgan fingerprint density at radius 3 is 2.48 bits per heavy atom. The Balaban J connectivity index is 1.83. The molecule has 0 aliphatic carbocycles. The average Bonchev–Trinajstić information content (AvgIpc) is 2.60. The monoisotopic (exact) mass is 361 g/mol. The molecule has 0 aliphatic rings. The zero-order valence-corrected chi connectivity index (χ0v) is 14.8. The lowest BCUT2D eigenvalue weighted by molar-refractivity contribution is 0.348. The molecule has 1 N–H and O–H groups in total. The maximum absolute atomic E-state index is 13.3. The van der Waals surface area contributed by atoms with E-state index in [4.69, 9.17) is 4.74 Å². The Morgan fingerprint density at radius 1 is 1.08 bits per heavy atom. The molecule has 25 heavy (non-hydrogen) atoms. The minimum atomic E-state index is -3.59. The van der Waals surface area contributed by atoms with Gasteiger partial charge in [0.1, 0.15) is 6.61 Å². The summed E-state index contributed by atoms with van der Waals surface area (Å²) in [4.78, 5) is 0.205. The highest BCUT2D eigenvalue weighted by Crippen LogP contribution is 2.14. The summed E-state index contributed by atoms with van der Waals surface area (Å²) in [7, 11) is -3.59. The third-order valence-corrected chi connectivity index (χ3v) is 4.80. The lowest BCUT2D eigenvalue weighted by Gasteiger charge is -2.05. The number of hydrogen-bond acceptors (Lipinski definition) is 3. The first-order valence-electron chi connectivity index (χ1n) is 7.94. The summed E-state index contributed by atoms with van der Waals surface area (Å²) in [6, 6.07) is 12.8. The van der Waals surface area contributed by atoms with Gasteiger partial charge in [0, 0.05) is 0 Å². The van der Waals surface area contributed by atoms with E-state index in [0.717, 1.165) is 18.4 Å². The van der Waals surface area contributed by atoms with Crippen molar-refractivity contribution in [3.8, 4) is 17.6 Å². The van der Waals surface area contributed by atoms with Crippen molar-refractivity contribution in [2.24, 2.45) is 0 Å². The molecule has 0 atom stereocenters. The molecule has 6 heteroatoms. The van der Waals surface area contributed by atoms with Gasteiger partial charge in [0.15, 0.2) is 11.6 Å². The number of rotatable bonds is 7. The minimum Gasteiger partial charge on any atom is -0.478 e. The molecule has 4 nitrogen and oxygen atoms in total. The Morgan fingerprint density at radius 2 is 1.80 bits per heavy atom. The van der Waals surface area contributed by atoms with Crippen molar-refractivity contribution in [1.29, 1.82) is 0 Å². The van der Waals surface area contributed by atoms with Crippen molar-refractivity contribution in [2.45, 2.75) is 24.7 Å². The second kappa shape index (κ2) is 9.21. The molecule has 0 heterocycles. The molecular weight excluding hydrogens is 341 g/mol. The van der Waals surface area contributed by atoms with Crippen LogP contribution in [0.2, 0.25) is 0 Å². The van der Waals surface area contributed by atoms with E-state index in [0.29, 0.717) is 0 Å². The van der Waals surface area contributed by atoms with Crippen LogP contribution in [0.1, 0.15) is 18.9 Å². The Kier molecular flexibility index (Phi) is 6.99. The van der Waals surface area contributed by atoms with Crippen molar-refractivity contribution in [3.63, 3.8) is 0 Å². The molecule has 2 aromatic carbocycles. The van der Waals surface area contributed by atoms with E-state index in [1.165, 1.54) is 12.1 Å². The van der Waals surface area contributed by atoms with Crippen molar-refractivity contribution in [3.05, 3.63) is 59.9 Å². The fraction of sp³-hybridized carbons (Fsp3) is 0.263. The van der Waals surface area contributed by atoms with Crippen LogP contribution in [0.25, 0.3) is 0 Å². The van der Waals surface area contributed by atoms with E-state index >= 15 is 0 Å². The second-order valence-corrected chi connectivity index (χ2v) is 7.06. The topological polar surface area (TPSA) is 55.4 Å². The molecule has 0 aromatic heterocycles. The number of para-hydroxylation sites is 1. The number of nitrogens with one attached hydrogen (secondary N) is 1. The largest absolute Gasteiger partial charge is 0.478 e. The van der Waals surface area contributed by atoms with E-state index < -0.39 is 15.8 Å². The molecule has 0 saturated carbocycles. The number of hydrogen-bond donors (Lipinski definition) is 1. The van der Waals surface area contributed by atoms with Crippen LogP contribution in [0.15, 0.2) is 53.4 Å². The van der Waals surface area contributed by atoms with Gasteiger partial charge in [-0.05, 0) is 36.2 Å². The molecule has 0 radical (unpaired) electrons. The van der Waals surface area contributed by atoms with Crippen LogP contribution in [0, 0.1) is 17.7 Å². The van der Waals surface area contributed by atoms with Gasteiger partial charge in [-0.2, -0.15) is 4.72 Å². The highest BCUT2D eigenvalue weighted by Gasteiger charge is 2.12. The van der Waals surface area contributed by atoms with Crippen molar-refractivity contribution >= 4 is 10.0 Å². The van der Waals surface area contributed by atoms with E-state index in [9.17, 15) is 12.8 Å². The van der Waals surface area contributed by atoms with Crippen molar-refractivity contribution in [2.75, 3.05) is 13.2 Å². The van der Waals surface area contributed by atoms with E-state index in [2.05, 4.69) is 23.5 Å². The number of halogens is 1. The van der Waals surface area contributed by atoms with Crippen LogP contribution in [0.5, 0.6) is 5.75 Å². The molecule has 0 amide bonds. The summed E-state index contributed by atoms with van der Waals surface area (Å²) >= 11 is 0. The van der Waals surface area contributed by atoms with E-state index in [1.807, 2.05) is 12.1 Å². The van der Waals surface area contributed by atoms with Gasteiger partial charge in [-0.3, -0.25) is 0 Å². The average molecular weight is 361 g/mol. The first-order chi connectivity index (χ1) is 12.0. The van der Waals surface area contributed by atoms with Gasteiger partial charge in [-0.15, -0.1) is 0 Å². The number of ether oxygens (including phenoxy) is 1. The van der Waals surface area contributed by atoms with Crippen LogP contribution in [-0.4, -0.2) is 21.6 Å². The molecule has 132 valence electrons. The summed E-state index contributed by atoms with van der Waals surface area (Å²) in [6.45, 7) is 2.01. The van der Waals surface area contributed by atoms with Crippen LogP contribution in [-0.2, 0) is 16.4 Å². The first-order valence-corrected chi connectivity index (χ1v) is 9.43. The third kappa shape index (κ3) is 5.89. The van der Waals surface area contributed by atoms with Crippen molar-refractivity contribution < 1.29 is 17.5 Å². The van der Waals surface area contributed by atoms with Crippen LogP contribution < -0.4 is 9.46 Å². The predicted molar refractivity (Wildman–Crippen MR) is 95.3 cm³/mol. The van der Waals surface area contributed by atoms with Crippen molar-refractivity contribution in [1.82, 2.24) is 4.72 Å². The summed E-state index contributed by atoms with van der Waals surface area (Å²) in [5, 5.41) is 0. The molecule has 0 aliphatic heterocycles. The Hall–Kier alpha value is -2.36. The zero-order chi connectivity index (χ0) is 18.1. The smallest absolute Gasteiger partial charge is 0.241 e. The highest BCUT2D eigenvalue weighted by molar-refractivity contribution is 7.89. The van der Waals surface area contributed by atoms with Gasteiger partial charge in [0.25, 0.3) is 0 Å². The molecule has 0 spiro atoms. The van der Waals surface area contributed by atoms with Gasteiger partial charge in [0.2, 0.25) is 10.0 Å². The summed E-state index contributed by atoms with van der Waals surface area (Å²) in [5.41, 5.74) is 1.10. The fourth-order valence-corrected chi connectivity index (χ4v) is 3.05. The molecule has 2 aromatic rings. The number of benzene rings is 2. The lowest BCUT2D eigenvalue weighted by Crippen LogP contribution is -2.24. The quantitative estimate of drug-likeness (QED) is 0.771. The zero-order valence-electron chi connectivity index (χ0n) is 14.0. The number of sulfonamides is 1.